The Morgan fingerprint density at radius 3 is 2.29 bits per heavy atom. The Morgan fingerprint density at radius 1 is 0.952 bits per heavy atom. The molecule has 21 heavy (non-hydrogen) atoms. The predicted molar refractivity (Wildman–Crippen MR) is 83.4 cm³/mol. The van der Waals surface area contributed by atoms with E-state index in [1.807, 2.05) is 26.0 Å². The average Bonchev–Trinajstić information content (AvgIpc) is 2.47. The summed E-state index contributed by atoms with van der Waals surface area (Å²) in [5, 5.41) is 0. The lowest BCUT2D eigenvalue weighted by molar-refractivity contribution is 0.101. The van der Waals surface area contributed by atoms with Crippen molar-refractivity contribution in [1.29, 1.82) is 0 Å². The molecule has 0 spiro atoms. The van der Waals surface area contributed by atoms with Gasteiger partial charge in [-0.05, 0) is 62.2 Å². The number of rotatable bonds is 6. The number of Topliss-reactive ketones (excluding diaryl/α,β-unsaturated/α-hetero) is 1. The van der Waals surface area contributed by atoms with Crippen LogP contribution in [0.5, 0.6) is 11.5 Å². The molecular formula is C18H20O3. The molecule has 0 fully saturated rings. The van der Waals surface area contributed by atoms with Crippen LogP contribution in [0.15, 0.2) is 42.5 Å². The van der Waals surface area contributed by atoms with Crippen molar-refractivity contribution in [2.75, 3.05) is 13.2 Å². The Morgan fingerprint density at radius 2 is 1.62 bits per heavy atom. The molecule has 2 aromatic carbocycles. The van der Waals surface area contributed by atoms with Crippen LogP contribution in [-0.2, 0) is 0 Å². The number of aryl methyl sites for hydroxylation is 2. The highest BCUT2D eigenvalue weighted by atomic mass is 16.5. The smallest absolute Gasteiger partial charge is 0.159 e. The molecule has 110 valence electrons. The summed E-state index contributed by atoms with van der Waals surface area (Å²) in [5.74, 6) is 1.69. The van der Waals surface area contributed by atoms with Gasteiger partial charge in [-0.2, -0.15) is 0 Å². The Bertz CT molecular complexity index is 615. The van der Waals surface area contributed by atoms with Gasteiger partial charge in [-0.15, -0.1) is 0 Å². The van der Waals surface area contributed by atoms with Gasteiger partial charge in [-0.1, -0.05) is 12.1 Å². The second kappa shape index (κ2) is 6.93. The molecule has 0 saturated carbocycles. The molecule has 0 atom stereocenters. The number of hydrogen-bond acceptors (Lipinski definition) is 3. The van der Waals surface area contributed by atoms with E-state index in [2.05, 4.69) is 6.07 Å². The summed E-state index contributed by atoms with van der Waals surface area (Å²) >= 11 is 0. The zero-order chi connectivity index (χ0) is 15.2. The minimum absolute atomic E-state index is 0.0554. The lowest BCUT2D eigenvalue weighted by Crippen LogP contribution is -2.09. The van der Waals surface area contributed by atoms with Gasteiger partial charge in [0.15, 0.2) is 5.78 Å². The van der Waals surface area contributed by atoms with Crippen molar-refractivity contribution in [2.45, 2.75) is 20.8 Å². The maximum absolute atomic E-state index is 11.2. The number of benzene rings is 2. The second-order valence-corrected chi connectivity index (χ2v) is 5.05. The summed E-state index contributed by atoms with van der Waals surface area (Å²) in [6, 6.07) is 13.3. The zero-order valence-electron chi connectivity index (χ0n) is 12.7. The van der Waals surface area contributed by atoms with Crippen LogP contribution in [0.3, 0.4) is 0 Å². The van der Waals surface area contributed by atoms with Crippen LogP contribution in [0.25, 0.3) is 0 Å². The molecule has 0 aliphatic heterocycles. The van der Waals surface area contributed by atoms with E-state index in [0.29, 0.717) is 18.8 Å². The van der Waals surface area contributed by atoms with Crippen molar-refractivity contribution < 1.29 is 14.3 Å². The van der Waals surface area contributed by atoms with E-state index in [0.717, 1.165) is 17.1 Å². The zero-order valence-corrected chi connectivity index (χ0v) is 12.7. The minimum Gasteiger partial charge on any atom is -0.490 e. The number of hydrogen-bond donors (Lipinski definition) is 0. The molecule has 0 unspecified atom stereocenters. The first-order chi connectivity index (χ1) is 10.1. The van der Waals surface area contributed by atoms with Gasteiger partial charge >= 0.3 is 0 Å². The van der Waals surface area contributed by atoms with Gasteiger partial charge in [-0.25, -0.2) is 0 Å². The van der Waals surface area contributed by atoms with E-state index in [9.17, 15) is 4.79 Å². The summed E-state index contributed by atoms with van der Waals surface area (Å²) in [5.41, 5.74) is 2.98. The topological polar surface area (TPSA) is 35.5 Å². The van der Waals surface area contributed by atoms with E-state index in [-0.39, 0.29) is 5.78 Å². The van der Waals surface area contributed by atoms with E-state index in [1.165, 1.54) is 5.56 Å². The van der Waals surface area contributed by atoms with Crippen LogP contribution in [0, 0.1) is 13.8 Å². The normalized spacial score (nSPS) is 10.2. The van der Waals surface area contributed by atoms with Crippen LogP contribution in [0.2, 0.25) is 0 Å². The maximum atomic E-state index is 11.2. The molecule has 0 radical (unpaired) electrons. The van der Waals surface area contributed by atoms with E-state index in [1.54, 1.807) is 31.2 Å². The van der Waals surface area contributed by atoms with Gasteiger partial charge in [0.05, 0.1) is 0 Å². The fourth-order valence-electron chi connectivity index (χ4n) is 1.96. The lowest BCUT2D eigenvalue weighted by Gasteiger charge is -2.11. The van der Waals surface area contributed by atoms with Gasteiger partial charge in [0.1, 0.15) is 24.7 Å². The summed E-state index contributed by atoms with van der Waals surface area (Å²) in [6.07, 6.45) is 0. The van der Waals surface area contributed by atoms with Crippen molar-refractivity contribution >= 4 is 5.78 Å². The van der Waals surface area contributed by atoms with Crippen LogP contribution in [-0.4, -0.2) is 19.0 Å². The molecule has 0 aromatic heterocycles. The van der Waals surface area contributed by atoms with Gasteiger partial charge < -0.3 is 9.47 Å². The average molecular weight is 284 g/mol. The third kappa shape index (κ3) is 4.35. The molecule has 2 aromatic rings. The highest BCUT2D eigenvalue weighted by molar-refractivity contribution is 5.94. The fraction of sp³-hybridized carbons (Fsp3) is 0.278. The molecular weight excluding hydrogens is 264 g/mol. The highest BCUT2D eigenvalue weighted by Crippen LogP contribution is 2.19. The highest BCUT2D eigenvalue weighted by Gasteiger charge is 2.01. The monoisotopic (exact) mass is 284 g/mol. The summed E-state index contributed by atoms with van der Waals surface area (Å²) in [4.78, 5) is 11.2. The quantitative estimate of drug-likeness (QED) is 0.595. The lowest BCUT2D eigenvalue weighted by atomic mass is 10.1. The predicted octanol–water partition coefficient (Wildman–Crippen LogP) is 3.96. The van der Waals surface area contributed by atoms with Crippen molar-refractivity contribution in [3.05, 3.63) is 59.2 Å². The third-order valence-electron chi connectivity index (χ3n) is 3.21. The Balaban J connectivity index is 1.81. The fourth-order valence-corrected chi connectivity index (χ4v) is 1.96. The molecule has 0 aliphatic rings. The molecule has 0 amide bonds. The number of ketones is 1. The first kappa shape index (κ1) is 15.1. The van der Waals surface area contributed by atoms with Crippen LogP contribution in [0.4, 0.5) is 0 Å². The minimum atomic E-state index is 0.0554. The van der Waals surface area contributed by atoms with Gasteiger partial charge in [-0.3, -0.25) is 4.79 Å². The number of carbonyl (C=O) groups excluding carboxylic acids is 1. The Hall–Kier alpha value is -2.29. The van der Waals surface area contributed by atoms with E-state index >= 15 is 0 Å². The maximum Gasteiger partial charge on any atom is 0.159 e. The number of carbonyl (C=O) groups is 1. The Kier molecular flexibility index (Phi) is 4.99. The third-order valence-corrected chi connectivity index (χ3v) is 3.21. The van der Waals surface area contributed by atoms with Gasteiger partial charge in [0.2, 0.25) is 0 Å². The molecule has 0 N–H and O–H groups in total. The van der Waals surface area contributed by atoms with Crippen molar-refractivity contribution in [3.8, 4) is 11.5 Å². The molecule has 0 bridgehead atoms. The van der Waals surface area contributed by atoms with Crippen molar-refractivity contribution in [3.63, 3.8) is 0 Å². The first-order valence-corrected chi connectivity index (χ1v) is 7.00. The molecule has 3 heteroatoms. The Labute approximate surface area is 125 Å². The molecule has 0 heterocycles. The standard InChI is InChI=1S/C18H20O3/c1-13-4-5-14(2)18(12-13)21-11-10-20-17-8-6-16(7-9-17)15(3)19/h4-9,12H,10-11H2,1-3H3. The summed E-state index contributed by atoms with van der Waals surface area (Å²) in [6.45, 7) is 6.56. The van der Waals surface area contributed by atoms with Crippen LogP contribution < -0.4 is 9.47 Å². The van der Waals surface area contributed by atoms with Crippen LogP contribution in [0.1, 0.15) is 28.4 Å². The SMILES string of the molecule is CC(=O)c1ccc(OCCOc2cc(C)ccc2C)cc1. The summed E-state index contributed by atoms with van der Waals surface area (Å²) in [7, 11) is 0. The molecule has 0 aliphatic carbocycles. The van der Waals surface area contributed by atoms with E-state index in [4.69, 9.17) is 9.47 Å². The molecule has 0 saturated heterocycles. The second-order valence-electron chi connectivity index (χ2n) is 5.05. The van der Waals surface area contributed by atoms with Gasteiger partial charge in [0.25, 0.3) is 0 Å². The van der Waals surface area contributed by atoms with Gasteiger partial charge in [0, 0.05) is 5.56 Å². The molecule has 3 nitrogen and oxygen atoms in total. The summed E-state index contributed by atoms with van der Waals surface area (Å²) < 4.78 is 11.3. The molecule has 2 rings (SSSR count). The van der Waals surface area contributed by atoms with E-state index < -0.39 is 0 Å². The van der Waals surface area contributed by atoms with Crippen molar-refractivity contribution in [2.24, 2.45) is 0 Å². The number of ether oxygens (including phenoxy) is 2. The van der Waals surface area contributed by atoms with Crippen molar-refractivity contribution in [1.82, 2.24) is 0 Å². The van der Waals surface area contributed by atoms with Crippen LogP contribution >= 0.6 is 0 Å². The first-order valence-electron chi connectivity index (χ1n) is 7.00. The largest absolute Gasteiger partial charge is 0.490 e.